The molecule has 1 aromatic rings. The zero-order valence-corrected chi connectivity index (χ0v) is 15.7. The maximum Gasteiger partial charge on any atom is 0.410 e. The minimum Gasteiger partial charge on any atom is -0.444 e. The zero-order chi connectivity index (χ0) is 17.0. The van der Waals surface area contributed by atoms with Gasteiger partial charge in [-0.1, -0.05) is 22.0 Å². The lowest BCUT2D eigenvalue weighted by molar-refractivity contribution is 0.0263. The van der Waals surface area contributed by atoms with E-state index in [4.69, 9.17) is 10.5 Å². The molecule has 23 heavy (non-hydrogen) atoms. The van der Waals surface area contributed by atoms with Crippen molar-refractivity contribution in [3.8, 4) is 0 Å². The first-order chi connectivity index (χ1) is 10.8. The summed E-state index contributed by atoms with van der Waals surface area (Å²) < 4.78 is 6.52. The lowest BCUT2D eigenvalue weighted by Gasteiger charge is -2.27. The summed E-state index contributed by atoms with van der Waals surface area (Å²) in [6, 6.07) is 6.16. The minimum atomic E-state index is -0.458. The van der Waals surface area contributed by atoms with Gasteiger partial charge in [-0.3, -0.25) is 0 Å². The second-order valence-corrected chi connectivity index (χ2v) is 7.70. The van der Waals surface area contributed by atoms with Crippen molar-refractivity contribution in [2.24, 2.45) is 5.73 Å². The van der Waals surface area contributed by atoms with Crippen LogP contribution < -0.4 is 10.6 Å². The number of amides is 1. The molecular formula is C17H26BrN3O2. The summed E-state index contributed by atoms with van der Waals surface area (Å²) in [5, 5.41) is 0. The molecule has 0 unspecified atom stereocenters. The Balaban J connectivity index is 2.07. The van der Waals surface area contributed by atoms with E-state index in [9.17, 15) is 4.79 Å². The lowest BCUT2D eigenvalue weighted by Crippen LogP contribution is -2.39. The molecule has 1 fully saturated rings. The number of hydrogen-bond acceptors (Lipinski definition) is 4. The fourth-order valence-corrected chi connectivity index (χ4v) is 3.02. The number of anilines is 1. The van der Waals surface area contributed by atoms with Crippen molar-refractivity contribution in [1.29, 1.82) is 0 Å². The van der Waals surface area contributed by atoms with Gasteiger partial charge in [0.15, 0.2) is 0 Å². The first-order valence-electron chi connectivity index (χ1n) is 8.01. The Labute approximate surface area is 146 Å². The molecule has 5 nitrogen and oxygen atoms in total. The van der Waals surface area contributed by atoms with E-state index in [0.29, 0.717) is 13.1 Å². The standard InChI is InChI=1S/C17H26BrN3O2/c1-17(2,3)23-16(22)21-8-4-7-20(9-10-21)15-11-14(18)6-5-13(15)12-19/h5-6,11H,4,7-10,12,19H2,1-3H3. The molecule has 0 atom stereocenters. The summed E-state index contributed by atoms with van der Waals surface area (Å²) in [5.41, 5.74) is 7.68. The highest BCUT2D eigenvalue weighted by atomic mass is 79.9. The first kappa shape index (κ1) is 18.1. The van der Waals surface area contributed by atoms with Gasteiger partial charge in [0.25, 0.3) is 0 Å². The van der Waals surface area contributed by atoms with E-state index in [1.807, 2.05) is 26.8 Å². The van der Waals surface area contributed by atoms with Crippen molar-refractivity contribution in [3.05, 3.63) is 28.2 Å². The molecule has 1 amide bonds. The summed E-state index contributed by atoms with van der Waals surface area (Å²) in [7, 11) is 0. The van der Waals surface area contributed by atoms with Gasteiger partial charge in [0.1, 0.15) is 5.60 Å². The van der Waals surface area contributed by atoms with Crippen LogP contribution in [-0.4, -0.2) is 42.8 Å². The van der Waals surface area contributed by atoms with Crippen LogP contribution in [0.5, 0.6) is 0 Å². The Morgan fingerprint density at radius 1 is 1.26 bits per heavy atom. The van der Waals surface area contributed by atoms with Crippen LogP contribution in [0.2, 0.25) is 0 Å². The van der Waals surface area contributed by atoms with Crippen LogP contribution in [0, 0.1) is 0 Å². The average Bonchev–Trinajstić information content (AvgIpc) is 2.71. The van der Waals surface area contributed by atoms with Crippen molar-refractivity contribution in [1.82, 2.24) is 4.90 Å². The second-order valence-electron chi connectivity index (χ2n) is 6.79. The molecule has 6 heteroatoms. The van der Waals surface area contributed by atoms with Gasteiger partial charge >= 0.3 is 6.09 Å². The van der Waals surface area contributed by atoms with Crippen LogP contribution in [0.4, 0.5) is 10.5 Å². The monoisotopic (exact) mass is 383 g/mol. The number of halogens is 1. The third-order valence-corrected chi connectivity index (χ3v) is 4.25. The van der Waals surface area contributed by atoms with Crippen LogP contribution in [0.3, 0.4) is 0 Å². The van der Waals surface area contributed by atoms with Gasteiger partial charge in [-0.05, 0) is 44.9 Å². The van der Waals surface area contributed by atoms with E-state index in [2.05, 4.69) is 33.0 Å². The fourth-order valence-electron chi connectivity index (χ4n) is 2.67. The molecule has 1 saturated heterocycles. The number of carbonyl (C=O) groups is 1. The molecule has 0 radical (unpaired) electrons. The summed E-state index contributed by atoms with van der Waals surface area (Å²) in [5.74, 6) is 0. The lowest BCUT2D eigenvalue weighted by atomic mass is 10.1. The number of nitrogens with two attached hydrogens (primary N) is 1. The maximum absolute atomic E-state index is 12.2. The molecular weight excluding hydrogens is 358 g/mol. The Kier molecular flexibility index (Phi) is 5.92. The van der Waals surface area contributed by atoms with E-state index in [1.54, 1.807) is 4.90 Å². The predicted octanol–water partition coefficient (Wildman–Crippen LogP) is 3.36. The molecule has 0 spiro atoms. The third-order valence-electron chi connectivity index (χ3n) is 3.76. The number of hydrogen-bond donors (Lipinski definition) is 1. The molecule has 2 rings (SSSR count). The first-order valence-corrected chi connectivity index (χ1v) is 8.81. The van der Waals surface area contributed by atoms with Crippen molar-refractivity contribution in [3.63, 3.8) is 0 Å². The summed E-state index contributed by atoms with van der Waals surface area (Å²) in [4.78, 5) is 16.3. The molecule has 0 bridgehead atoms. The molecule has 1 heterocycles. The van der Waals surface area contributed by atoms with Crippen molar-refractivity contribution in [2.45, 2.75) is 39.3 Å². The van der Waals surface area contributed by atoms with Gasteiger partial charge in [0.05, 0.1) is 0 Å². The fraction of sp³-hybridized carbons (Fsp3) is 0.588. The van der Waals surface area contributed by atoms with E-state index < -0.39 is 5.60 Å². The SMILES string of the molecule is CC(C)(C)OC(=O)N1CCCN(c2cc(Br)ccc2CN)CC1. The molecule has 1 aliphatic heterocycles. The second kappa shape index (κ2) is 7.53. The minimum absolute atomic E-state index is 0.229. The molecule has 128 valence electrons. The van der Waals surface area contributed by atoms with Gasteiger partial charge in [-0.2, -0.15) is 0 Å². The average molecular weight is 384 g/mol. The third kappa shape index (κ3) is 5.11. The summed E-state index contributed by atoms with van der Waals surface area (Å²) in [6.45, 7) is 9.25. The van der Waals surface area contributed by atoms with E-state index in [1.165, 1.54) is 0 Å². The summed E-state index contributed by atoms with van der Waals surface area (Å²) >= 11 is 3.53. The van der Waals surface area contributed by atoms with Crippen molar-refractivity contribution < 1.29 is 9.53 Å². The maximum atomic E-state index is 12.2. The molecule has 0 aliphatic carbocycles. The van der Waals surface area contributed by atoms with Gasteiger partial charge in [0, 0.05) is 42.9 Å². The Hall–Kier alpha value is -1.27. The highest BCUT2D eigenvalue weighted by molar-refractivity contribution is 9.10. The molecule has 0 saturated carbocycles. The number of benzene rings is 1. The highest BCUT2D eigenvalue weighted by Gasteiger charge is 2.25. The molecule has 2 N–H and O–H groups in total. The number of ether oxygens (including phenoxy) is 1. The zero-order valence-electron chi connectivity index (χ0n) is 14.1. The Morgan fingerprint density at radius 3 is 2.65 bits per heavy atom. The molecule has 0 aromatic heterocycles. The predicted molar refractivity (Wildman–Crippen MR) is 96.7 cm³/mol. The van der Waals surface area contributed by atoms with Crippen molar-refractivity contribution >= 4 is 27.7 Å². The Morgan fingerprint density at radius 2 is 2.00 bits per heavy atom. The quantitative estimate of drug-likeness (QED) is 0.850. The van der Waals surface area contributed by atoms with Crippen LogP contribution in [0.15, 0.2) is 22.7 Å². The number of nitrogens with zero attached hydrogens (tertiary/aromatic N) is 2. The van der Waals surface area contributed by atoms with Crippen LogP contribution >= 0.6 is 15.9 Å². The van der Waals surface area contributed by atoms with E-state index in [0.717, 1.165) is 41.8 Å². The summed E-state index contributed by atoms with van der Waals surface area (Å²) in [6.07, 6.45) is 0.683. The van der Waals surface area contributed by atoms with Gasteiger partial charge < -0.3 is 20.3 Å². The largest absolute Gasteiger partial charge is 0.444 e. The normalized spacial score (nSPS) is 16.2. The number of carbonyl (C=O) groups excluding carboxylic acids is 1. The van der Waals surface area contributed by atoms with Gasteiger partial charge in [-0.25, -0.2) is 4.79 Å². The Bertz CT molecular complexity index is 557. The topological polar surface area (TPSA) is 58.8 Å². The van der Waals surface area contributed by atoms with Crippen LogP contribution in [0.25, 0.3) is 0 Å². The molecule has 1 aliphatic rings. The smallest absolute Gasteiger partial charge is 0.410 e. The van der Waals surface area contributed by atoms with Crippen molar-refractivity contribution in [2.75, 3.05) is 31.1 Å². The van der Waals surface area contributed by atoms with Crippen LogP contribution in [-0.2, 0) is 11.3 Å². The van der Waals surface area contributed by atoms with Gasteiger partial charge in [0.2, 0.25) is 0 Å². The van der Waals surface area contributed by atoms with Gasteiger partial charge in [-0.15, -0.1) is 0 Å². The highest BCUT2D eigenvalue weighted by Crippen LogP contribution is 2.26. The molecule has 1 aromatic carbocycles. The van der Waals surface area contributed by atoms with E-state index in [-0.39, 0.29) is 6.09 Å². The van der Waals surface area contributed by atoms with Crippen LogP contribution in [0.1, 0.15) is 32.8 Å². The number of rotatable bonds is 2. The van der Waals surface area contributed by atoms with E-state index >= 15 is 0 Å².